The van der Waals surface area contributed by atoms with Crippen LogP contribution in [0.2, 0.25) is 0 Å². The third kappa shape index (κ3) is 3.35. The van der Waals surface area contributed by atoms with Gasteiger partial charge in [0.25, 0.3) is 0 Å². The highest BCUT2D eigenvalue weighted by atomic mass is 16.7. The van der Waals surface area contributed by atoms with Crippen molar-refractivity contribution in [3.63, 3.8) is 0 Å². The Morgan fingerprint density at radius 2 is 2.14 bits per heavy atom. The van der Waals surface area contributed by atoms with E-state index >= 15 is 0 Å². The molecule has 1 aromatic carbocycles. The highest BCUT2D eigenvalue weighted by Crippen LogP contribution is 2.33. The van der Waals surface area contributed by atoms with E-state index in [9.17, 15) is 4.79 Å². The molecule has 2 heterocycles. The first-order valence-corrected chi connectivity index (χ1v) is 7.88. The first kappa shape index (κ1) is 15.2. The molecule has 3 rings (SSSR count). The Labute approximate surface area is 131 Å². The summed E-state index contributed by atoms with van der Waals surface area (Å²) in [5.74, 6) is 2.17. The first-order chi connectivity index (χ1) is 10.6. The summed E-state index contributed by atoms with van der Waals surface area (Å²) in [7, 11) is 0. The second-order valence-corrected chi connectivity index (χ2v) is 6.36. The molecule has 0 N–H and O–H groups in total. The fourth-order valence-corrected chi connectivity index (χ4v) is 2.92. The zero-order valence-electron chi connectivity index (χ0n) is 13.2. The molecule has 1 amide bonds. The predicted molar refractivity (Wildman–Crippen MR) is 81.7 cm³/mol. The smallest absolute Gasteiger partial charge is 0.231 e. The fourth-order valence-electron chi connectivity index (χ4n) is 2.92. The molecule has 1 fully saturated rings. The maximum Gasteiger partial charge on any atom is 0.231 e. The molecule has 22 heavy (non-hydrogen) atoms. The largest absolute Gasteiger partial charge is 0.454 e. The monoisotopic (exact) mass is 305 g/mol. The van der Waals surface area contributed by atoms with E-state index in [0.29, 0.717) is 25.7 Å². The summed E-state index contributed by atoms with van der Waals surface area (Å²) in [5.41, 5.74) is 1.07. The second kappa shape index (κ2) is 6.57. The molecule has 1 atom stereocenters. The third-order valence-corrected chi connectivity index (χ3v) is 3.99. The standard InChI is InChI=1S/C17H23NO4/c1-12(2)8-18(17(19)14-5-6-20-10-14)9-13-3-4-15-16(7-13)22-11-21-15/h3-4,7,12,14H,5-6,8-11H2,1-2H3/t14-/m0/s1. The van der Waals surface area contributed by atoms with Crippen LogP contribution in [0.25, 0.3) is 0 Å². The van der Waals surface area contributed by atoms with Crippen LogP contribution < -0.4 is 9.47 Å². The van der Waals surface area contributed by atoms with Crippen molar-refractivity contribution in [2.45, 2.75) is 26.8 Å². The third-order valence-electron chi connectivity index (χ3n) is 3.99. The van der Waals surface area contributed by atoms with Crippen LogP contribution in [-0.4, -0.2) is 37.4 Å². The van der Waals surface area contributed by atoms with Gasteiger partial charge in [0.2, 0.25) is 12.7 Å². The number of hydrogen-bond acceptors (Lipinski definition) is 4. The number of ether oxygens (including phenoxy) is 3. The van der Waals surface area contributed by atoms with Crippen LogP contribution in [0.5, 0.6) is 11.5 Å². The van der Waals surface area contributed by atoms with Crippen molar-refractivity contribution >= 4 is 5.91 Å². The van der Waals surface area contributed by atoms with Gasteiger partial charge < -0.3 is 19.1 Å². The summed E-state index contributed by atoms with van der Waals surface area (Å²) in [6.45, 7) is 7.13. The number of carbonyl (C=O) groups is 1. The van der Waals surface area contributed by atoms with Gasteiger partial charge >= 0.3 is 0 Å². The van der Waals surface area contributed by atoms with Gasteiger partial charge in [-0.2, -0.15) is 0 Å². The summed E-state index contributed by atoms with van der Waals surface area (Å²) < 4.78 is 16.1. The Hall–Kier alpha value is -1.75. The van der Waals surface area contributed by atoms with E-state index in [-0.39, 0.29) is 18.6 Å². The van der Waals surface area contributed by atoms with Crippen LogP contribution in [0, 0.1) is 11.8 Å². The SMILES string of the molecule is CC(C)CN(Cc1ccc2c(c1)OCO2)C(=O)[C@H]1CCOC1. The molecule has 0 aromatic heterocycles. The van der Waals surface area contributed by atoms with Crippen LogP contribution in [0.15, 0.2) is 18.2 Å². The lowest BCUT2D eigenvalue weighted by Crippen LogP contribution is -2.38. The molecule has 120 valence electrons. The molecule has 1 saturated heterocycles. The highest BCUT2D eigenvalue weighted by molar-refractivity contribution is 5.79. The topological polar surface area (TPSA) is 48.0 Å². The maximum atomic E-state index is 12.7. The number of amides is 1. The predicted octanol–water partition coefficient (Wildman–Crippen LogP) is 2.44. The van der Waals surface area contributed by atoms with Gasteiger partial charge in [-0.1, -0.05) is 19.9 Å². The number of rotatable bonds is 5. The summed E-state index contributed by atoms with van der Waals surface area (Å²) in [4.78, 5) is 14.7. The van der Waals surface area contributed by atoms with Crippen molar-refractivity contribution in [3.8, 4) is 11.5 Å². The van der Waals surface area contributed by atoms with Crippen molar-refractivity contribution in [2.24, 2.45) is 11.8 Å². The number of hydrogen-bond donors (Lipinski definition) is 0. The summed E-state index contributed by atoms with van der Waals surface area (Å²) >= 11 is 0. The molecule has 5 heteroatoms. The summed E-state index contributed by atoms with van der Waals surface area (Å²) in [5, 5.41) is 0. The molecule has 0 saturated carbocycles. The number of benzene rings is 1. The highest BCUT2D eigenvalue weighted by Gasteiger charge is 2.28. The zero-order chi connectivity index (χ0) is 15.5. The minimum atomic E-state index is 0.00719. The quantitative estimate of drug-likeness (QED) is 0.838. The summed E-state index contributed by atoms with van der Waals surface area (Å²) in [6.07, 6.45) is 0.828. The normalized spacial score (nSPS) is 19.7. The molecule has 5 nitrogen and oxygen atoms in total. The maximum absolute atomic E-state index is 12.7. The lowest BCUT2D eigenvalue weighted by Gasteiger charge is -2.27. The van der Waals surface area contributed by atoms with Gasteiger partial charge in [-0.15, -0.1) is 0 Å². The minimum Gasteiger partial charge on any atom is -0.454 e. The van der Waals surface area contributed by atoms with Crippen molar-refractivity contribution in [3.05, 3.63) is 23.8 Å². The fraction of sp³-hybridized carbons (Fsp3) is 0.588. The molecule has 0 aliphatic carbocycles. The van der Waals surface area contributed by atoms with Gasteiger partial charge in [0, 0.05) is 19.7 Å². The number of fused-ring (bicyclic) bond motifs is 1. The van der Waals surface area contributed by atoms with Gasteiger partial charge in [0.15, 0.2) is 11.5 Å². The Balaban J connectivity index is 1.73. The summed E-state index contributed by atoms with van der Waals surface area (Å²) in [6, 6.07) is 5.88. The van der Waals surface area contributed by atoms with Gasteiger partial charge in [0.1, 0.15) is 0 Å². The number of nitrogens with zero attached hydrogens (tertiary/aromatic N) is 1. The molecule has 1 aromatic rings. The molecule has 0 unspecified atom stereocenters. The second-order valence-electron chi connectivity index (χ2n) is 6.36. The Morgan fingerprint density at radius 1 is 1.32 bits per heavy atom. The average molecular weight is 305 g/mol. The van der Waals surface area contributed by atoms with E-state index in [4.69, 9.17) is 14.2 Å². The van der Waals surface area contributed by atoms with Crippen molar-refractivity contribution in [1.29, 1.82) is 0 Å². The Morgan fingerprint density at radius 3 is 2.86 bits per heavy atom. The van der Waals surface area contributed by atoms with Gasteiger partial charge in [-0.05, 0) is 30.0 Å². The van der Waals surface area contributed by atoms with Crippen molar-refractivity contribution < 1.29 is 19.0 Å². The molecule has 2 aliphatic heterocycles. The lowest BCUT2D eigenvalue weighted by atomic mass is 10.1. The molecule has 0 radical (unpaired) electrons. The van der Waals surface area contributed by atoms with Gasteiger partial charge in [-0.25, -0.2) is 0 Å². The van der Waals surface area contributed by atoms with E-state index in [2.05, 4.69) is 13.8 Å². The Bertz CT molecular complexity index is 537. The van der Waals surface area contributed by atoms with E-state index in [1.165, 1.54) is 0 Å². The van der Waals surface area contributed by atoms with Crippen LogP contribution in [0.1, 0.15) is 25.8 Å². The van der Waals surface area contributed by atoms with Crippen molar-refractivity contribution in [1.82, 2.24) is 4.90 Å². The lowest BCUT2D eigenvalue weighted by molar-refractivity contribution is -0.136. The van der Waals surface area contributed by atoms with Gasteiger partial charge in [-0.3, -0.25) is 4.79 Å². The van der Waals surface area contributed by atoms with E-state index in [1.54, 1.807) is 0 Å². The van der Waals surface area contributed by atoms with Crippen LogP contribution in [-0.2, 0) is 16.1 Å². The zero-order valence-corrected chi connectivity index (χ0v) is 13.2. The van der Waals surface area contributed by atoms with Crippen molar-refractivity contribution in [2.75, 3.05) is 26.6 Å². The minimum absolute atomic E-state index is 0.00719. The average Bonchev–Trinajstić information content (AvgIpc) is 3.16. The van der Waals surface area contributed by atoms with Crippen LogP contribution >= 0.6 is 0 Å². The molecule has 0 bridgehead atoms. The van der Waals surface area contributed by atoms with Crippen LogP contribution in [0.4, 0.5) is 0 Å². The molecule has 0 spiro atoms. The molecular weight excluding hydrogens is 282 g/mol. The van der Waals surface area contributed by atoms with E-state index in [1.807, 2.05) is 23.1 Å². The van der Waals surface area contributed by atoms with Gasteiger partial charge in [0.05, 0.1) is 12.5 Å². The Kier molecular flexibility index (Phi) is 4.52. The number of carbonyl (C=O) groups excluding carboxylic acids is 1. The van der Waals surface area contributed by atoms with Crippen LogP contribution in [0.3, 0.4) is 0 Å². The molecular formula is C17H23NO4. The van der Waals surface area contributed by atoms with E-state index < -0.39 is 0 Å². The first-order valence-electron chi connectivity index (χ1n) is 7.88. The molecule has 2 aliphatic rings. The van der Waals surface area contributed by atoms with E-state index in [0.717, 1.165) is 30.0 Å².